The standard InChI is InChI=1S/C33H27BN4O/c1-36-20-21-37(24-36)26-12-9-13-27(22-26)38-31-15-6-5-14-29(31)34(25-10-3-2-4-11-25)30-18-17-28(23-32(30)38)39-33-16-7-8-19-35-33/h2-23H,24H2,1H3. The molecule has 0 N–H and O–H groups in total. The number of nitrogens with zero attached hydrogens (tertiary/aromatic N) is 4. The van der Waals surface area contributed by atoms with E-state index in [0.29, 0.717) is 5.88 Å². The summed E-state index contributed by atoms with van der Waals surface area (Å²) >= 11 is 0. The molecule has 3 heterocycles. The lowest BCUT2D eigenvalue weighted by molar-refractivity contribution is 0.463. The summed E-state index contributed by atoms with van der Waals surface area (Å²) in [6.45, 7) is 0.935. The van der Waals surface area contributed by atoms with Crippen molar-refractivity contribution in [2.24, 2.45) is 0 Å². The van der Waals surface area contributed by atoms with E-state index in [1.807, 2.05) is 18.2 Å². The van der Waals surface area contributed by atoms with Crippen LogP contribution in [0.5, 0.6) is 11.6 Å². The molecular weight excluding hydrogens is 479 g/mol. The summed E-state index contributed by atoms with van der Waals surface area (Å²) < 4.78 is 6.21. The second-order valence-corrected chi connectivity index (χ2v) is 9.91. The first-order chi connectivity index (χ1) is 19.2. The van der Waals surface area contributed by atoms with Gasteiger partial charge in [0, 0.05) is 60.5 Å². The highest BCUT2D eigenvalue weighted by Gasteiger charge is 2.35. The number of pyridine rings is 1. The molecule has 0 amide bonds. The normalized spacial score (nSPS) is 13.9. The molecule has 0 aliphatic carbocycles. The maximum atomic E-state index is 6.21. The quantitative estimate of drug-likeness (QED) is 0.294. The van der Waals surface area contributed by atoms with Gasteiger partial charge in [0.1, 0.15) is 5.75 Å². The lowest BCUT2D eigenvalue weighted by Gasteiger charge is -2.37. The van der Waals surface area contributed by atoms with Gasteiger partial charge < -0.3 is 19.4 Å². The van der Waals surface area contributed by atoms with Gasteiger partial charge >= 0.3 is 0 Å². The summed E-state index contributed by atoms with van der Waals surface area (Å²) in [4.78, 5) is 11.2. The third-order valence-electron chi connectivity index (χ3n) is 7.33. The predicted octanol–water partition coefficient (Wildman–Crippen LogP) is 5.35. The average Bonchev–Trinajstić information content (AvgIpc) is 3.43. The van der Waals surface area contributed by atoms with E-state index in [9.17, 15) is 0 Å². The Morgan fingerprint density at radius 3 is 2.31 bits per heavy atom. The van der Waals surface area contributed by atoms with E-state index in [0.717, 1.165) is 29.5 Å². The monoisotopic (exact) mass is 506 g/mol. The Kier molecular flexibility index (Phi) is 5.78. The van der Waals surface area contributed by atoms with Crippen molar-refractivity contribution in [2.75, 3.05) is 23.5 Å². The highest BCUT2D eigenvalue weighted by molar-refractivity contribution is 6.98. The molecule has 7 rings (SSSR count). The minimum absolute atomic E-state index is 0.107. The van der Waals surface area contributed by atoms with Gasteiger partial charge in [0.15, 0.2) is 0 Å². The Hall–Kier alpha value is -4.97. The number of aromatic nitrogens is 1. The molecule has 188 valence electrons. The number of fused-ring (bicyclic) bond motifs is 2. The first kappa shape index (κ1) is 23.2. The maximum absolute atomic E-state index is 6.21. The number of ether oxygens (including phenoxy) is 1. The summed E-state index contributed by atoms with van der Waals surface area (Å²) in [7, 11) is 2.09. The zero-order valence-corrected chi connectivity index (χ0v) is 21.7. The van der Waals surface area contributed by atoms with Crippen molar-refractivity contribution in [2.45, 2.75) is 0 Å². The molecule has 0 saturated heterocycles. The fourth-order valence-electron chi connectivity index (χ4n) is 5.58. The van der Waals surface area contributed by atoms with Crippen LogP contribution < -0.4 is 30.9 Å². The molecule has 0 atom stereocenters. The van der Waals surface area contributed by atoms with Crippen LogP contribution >= 0.6 is 0 Å². The maximum Gasteiger partial charge on any atom is 0.246 e. The summed E-state index contributed by atoms with van der Waals surface area (Å²) in [6.07, 6.45) is 5.97. The fourth-order valence-corrected chi connectivity index (χ4v) is 5.58. The van der Waals surface area contributed by atoms with E-state index in [-0.39, 0.29) is 6.71 Å². The summed E-state index contributed by atoms with van der Waals surface area (Å²) in [5.41, 5.74) is 8.30. The van der Waals surface area contributed by atoms with Crippen molar-refractivity contribution in [3.63, 3.8) is 0 Å². The third-order valence-corrected chi connectivity index (χ3v) is 7.33. The molecular formula is C33H27BN4O. The van der Waals surface area contributed by atoms with Crippen LogP contribution in [0, 0.1) is 0 Å². The fraction of sp³-hybridized carbons (Fsp3) is 0.0606. The van der Waals surface area contributed by atoms with Crippen LogP contribution in [0.2, 0.25) is 0 Å². The van der Waals surface area contributed by atoms with Gasteiger partial charge in [0.2, 0.25) is 12.6 Å². The molecule has 0 bridgehead atoms. The van der Waals surface area contributed by atoms with Crippen LogP contribution in [-0.4, -0.2) is 30.3 Å². The van der Waals surface area contributed by atoms with Crippen LogP contribution in [0.4, 0.5) is 22.7 Å². The molecule has 0 unspecified atom stereocenters. The van der Waals surface area contributed by atoms with E-state index in [4.69, 9.17) is 4.74 Å². The smallest absolute Gasteiger partial charge is 0.246 e. The molecule has 0 saturated carbocycles. The largest absolute Gasteiger partial charge is 0.439 e. The van der Waals surface area contributed by atoms with Gasteiger partial charge in [-0.3, -0.25) is 0 Å². The van der Waals surface area contributed by atoms with E-state index in [1.54, 1.807) is 6.20 Å². The van der Waals surface area contributed by atoms with Gasteiger partial charge in [-0.05, 0) is 47.3 Å². The second kappa shape index (κ2) is 9.73. The van der Waals surface area contributed by atoms with Gasteiger partial charge in [-0.1, -0.05) is 72.2 Å². The molecule has 2 aliphatic rings. The highest BCUT2D eigenvalue weighted by Crippen LogP contribution is 2.39. The van der Waals surface area contributed by atoms with Gasteiger partial charge in [-0.2, -0.15) is 0 Å². The Bertz CT molecular complexity index is 1660. The lowest BCUT2D eigenvalue weighted by Crippen LogP contribution is -2.57. The van der Waals surface area contributed by atoms with Crippen molar-refractivity contribution in [1.29, 1.82) is 0 Å². The topological polar surface area (TPSA) is 31.8 Å². The van der Waals surface area contributed by atoms with Gasteiger partial charge in [-0.25, -0.2) is 4.98 Å². The number of anilines is 4. The molecule has 6 heteroatoms. The SMILES string of the molecule is CN1C=CN(c2cccc(N3c4ccccc4B(c4ccccc4)c4ccc(Oc5ccccn5)cc43)c2)C1. The van der Waals surface area contributed by atoms with Crippen LogP contribution in [-0.2, 0) is 0 Å². The van der Waals surface area contributed by atoms with Crippen molar-refractivity contribution in [3.8, 4) is 11.6 Å². The highest BCUT2D eigenvalue weighted by atomic mass is 16.5. The van der Waals surface area contributed by atoms with E-state index < -0.39 is 0 Å². The molecule has 0 spiro atoms. The first-order valence-electron chi connectivity index (χ1n) is 13.2. The molecule has 0 radical (unpaired) electrons. The van der Waals surface area contributed by atoms with Crippen LogP contribution in [0.15, 0.2) is 134 Å². The Balaban J connectivity index is 1.40. The molecule has 1 aromatic heterocycles. The summed E-state index contributed by atoms with van der Waals surface area (Å²) in [6, 6.07) is 40.3. The zero-order valence-electron chi connectivity index (χ0n) is 21.7. The molecule has 5 aromatic rings. The minimum Gasteiger partial charge on any atom is -0.439 e. The first-order valence-corrected chi connectivity index (χ1v) is 13.2. The van der Waals surface area contributed by atoms with E-state index >= 15 is 0 Å². The average molecular weight is 506 g/mol. The van der Waals surface area contributed by atoms with E-state index in [2.05, 4.69) is 136 Å². The Labute approximate surface area is 229 Å². The molecule has 39 heavy (non-hydrogen) atoms. The number of rotatable bonds is 5. The number of hydrogen-bond acceptors (Lipinski definition) is 5. The van der Waals surface area contributed by atoms with Gasteiger partial charge in [0.05, 0.1) is 6.67 Å². The minimum atomic E-state index is 0.107. The summed E-state index contributed by atoms with van der Waals surface area (Å²) in [5, 5.41) is 0. The van der Waals surface area contributed by atoms with Crippen molar-refractivity contribution >= 4 is 45.9 Å². The van der Waals surface area contributed by atoms with Crippen molar-refractivity contribution in [3.05, 3.63) is 134 Å². The Morgan fingerprint density at radius 2 is 1.49 bits per heavy atom. The van der Waals surface area contributed by atoms with Crippen molar-refractivity contribution in [1.82, 2.24) is 9.88 Å². The van der Waals surface area contributed by atoms with Gasteiger partial charge in [0.25, 0.3) is 0 Å². The zero-order chi connectivity index (χ0) is 26.2. The number of benzene rings is 4. The molecule has 5 nitrogen and oxygen atoms in total. The third kappa shape index (κ3) is 4.30. The number of para-hydroxylation sites is 1. The predicted molar refractivity (Wildman–Crippen MR) is 161 cm³/mol. The lowest BCUT2D eigenvalue weighted by atomic mass is 9.35. The number of hydrogen-bond donors (Lipinski definition) is 0. The van der Waals surface area contributed by atoms with Crippen LogP contribution in [0.3, 0.4) is 0 Å². The van der Waals surface area contributed by atoms with Crippen LogP contribution in [0.25, 0.3) is 0 Å². The molecule has 2 aliphatic heterocycles. The van der Waals surface area contributed by atoms with E-state index in [1.165, 1.54) is 22.1 Å². The second-order valence-electron chi connectivity index (χ2n) is 9.91. The van der Waals surface area contributed by atoms with Crippen molar-refractivity contribution < 1.29 is 4.74 Å². The Morgan fingerprint density at radius 1 is 0.692 bits per heavy atom. The van der Waals surface area contributed by atoms with Crippen LogP contribution in [0.1, 0.15) is 0 Å². The molecule has 0 fully saturated rings. The van der Waals surface area contributed by atoms with Gasteiger partial charge in [-0.15, -0.1) is 0 Å². The summed E-state index contributed by atoms with van der Waals surface area (Å²) in [5.74, 6) is 1.33. The molecule has 4 aromatic carbocycles.